The van der Waals surface area contributed by atoms with Crippen molar-refractivity contribution >= 4 is 10.0 Å². The van der Waals surface area contributed by atoms with Crippen molar-refractivity contribution < 1.29 is 17.7 Å². The Bertz CT molecular complexity index is 878. The van der Waals surface area contributed by atoms with E-state index in [1.165, 1.54) is 0 Å². The van der Waals surface area contributed by atoms with Crippen LogP contribution in [0.4, 0.5) is 0 Å². The Morgan fingerprint density at radius 1 is 1.10 bits per heavy atom. The van der Waals surface area contributed by atoms with Crippen LogP contribution in [0.5, 0.6) is 0 Å². The van der Waals surface area contributed by atoms with E-state index < -0.39 is 10.0 Å². The molecule has 2 aromatic rings. The molecule has 2 aliphatic rings. The normalized spacial score (nSPS) is 22.0. The van der Waals surface area contributed by atoms with E-state index in [1.807, 2.05) is 30.3 Å². The molecule has 0 saturated carbocycles. The van der Waals surface area contributed by atoms with Gasteiger partial charge >= 0.3 is 0 Å². The molecule has 1 unspecified atom stereocenters. The Labute approximate surface area is 172 Å². The van der Waals surface area contributed by atoms with Crippen molar-refractivity contribution in [2.75, 3.05) is 26.3 Å². The predicted molar refractivity (Wildman–Crippen MR) is 109 cm³/mol. The zero-order chi connectivity index (χ0) is 20.1. The van der Waals surface area contributed by atoms with Gasteiger partial charge in [0.1, 0.15) is 0 Å². The molecule has 29 heavy (non-hydrogen) atoms. The first-order chi connectivity index (χ1) is 14.1. The van der Waals surface area contributed by atoms with E-state index in [4.69, 9.17) is 9.26 Å². The van der Waals surface area contributed by atoms with Gasteiger partial charge in [0, 0.05) is 38.6 Å². The number of ether oxygens (including phenoxy) is 1. The van der Waals surface area contributed by atoms with Crippen molar-refractivity contribution in [1.82, 2.24) is 14.4 Å². The maximum Gasteiger partial charge on any atom is 0.229 e. The molecule has 1 aromatic heterocycles. The second kappa shape index (κ2) is 9.36. The molecule has 2 aliphatic heterocycles. The number of rotatable bonds is 7. The summed E-state index contributed by atoms with van der Waals surface area (Å²) in [5, 5.41) is 4.14. The van der Waals surface area contributed by atoms with Crippen molar-refractivity contribution in [3.8, 4) is 0 Å². The maximum atomic E-state index is 12.8. The first-order valence-corrected chi connectivity index (χ1v) is 12.1. The van der Waals surface area contributed by atoms with Crippen LogP contribution < -0.4 is 0 Å². The second-order valence-corrected chi connectivity index (χ2v) is 10.1. The van der Waals surface area contributed by atoms with E-state index in [9.17, 15) is 8.42 Å². The van der Waals surface area contributed by atoms with Crippen LogP contribution in [0.3, 0.4) is 0 Å². The molecule has 2 fully saturated rings. The molecule has 1 aromatic carbocycles. The number of benzene rings is 1. The van der Waals surface area contributed by atoms with Crippen LogP contribution in [-0.2, 0) is 26.9 Å². The van der Waals surface area contributed by atoms with Gasteiger partial charge in [-0.2, -0.15) is 4.98 Å². The Kier molecular flexibility index (Phi) is 6.62. The highest BCUT2D eigenvalue weighted by molar-refractivity contribution is 7.88. The fourth-order valence-corrected chi connectivity index (χ4v) is 5.85. The van der Waals surface area contributed by atoms with E-state index in [-0.39, 0.29) is 5.75 Å². The largest absolute Gasteiger partial charge is 0.381 e. The molecule has 0 amide bonds. The fourth-order valence-electron chi connectivity index (χ4n) is 4.20. The molecule has 0 radical (unpaired) electrons. The average Bonchev–Trinajstić information content (AvgIpc) is 3.23. The molecule has 8 heteroatoms. The molecule has 4 rings (SSSR count). The number of aromatic nitrogens is 2. The second-order valence-electron chi connectivity index (χ2n) is 8.08. The molecule has 2 saturated heterocycles. The summed E-state index contributed by atoms with van der Waals surface area (Å²) in [6.07, 6.45) is 5.41. The van der Waals surface area contributed by atoms with Gasteiger partial charge in [-0.05, 0) is 43.6 Å². The summed E-state index contributed by atoms with van der Waals surface area (Å²) >= 11 is 0. The molecule has 158 valence electrons. The summed E-state index contributed by atoms with van der Waals surface area (Å²) in [4.78, 5) is 4.58. The molecular weight excluding hydrogens is 390 g/mol. The molecule has 0 bridgehead atoms. The summed E-state index contributed by atoms with van der Waals surface area (Å²) in [6, 6.07) is 9.39. The van der Waals surface area contributed by atoms with Crippen LogP contribution in [0.15, 0.2) is 34.9 Å². The predicted octanol–water partition coefficient (Wildman–Crippen LogP) is 3.14. The van der Waals surface area contributed by atoms with E-state index in [2.05, 4.69) is 10.1 Å². The zero-order valence-corrected chi connectivity index (χ0v) is 17.5. The van der Waals surface area contributed by atoms with Gasteiger partial charge < -0.3 is 9.26 Å². The average molecular weight is 420 g/mol. The summed E-state index contributed by atoms with van der Waals surface area (Å²) in [7, 11) is -3.29. The van der Waals surface area contributed by atoms with Gasteiger partial charge in [-0.3, -0.25) is 0 Å². The molecule has 0 aliphatic carbocycles. The summed E-state index contributed by atoms with van der Waals surface area (Å²) < 4.78 is 38.2. The molecule has 3 heterocycles. The van der Waals surface area contributed by atoms with Crippen LogP contribution in [0.1, 0.15) is 55.3 Å². The molecule has 7 nitrogen and oxygen atoms in total. The number of piperidine rings is 1. The highest BCUT2D eigenvalue weighted by atomic mass is 32.2. The van der Waals surface area contributed by atoms with Gasteiger partial charge in [-0.25, -0.2) is 12.7 Å². The van der Waals surface area contributed by atoms with E-state index in [1.54, 1.807) is 4.31 Å². The fraction of sp³-hybridized carbons (Fsp3) is 0.619. The minimum atomic E-state index is -3.29. The summed E-state index contributed by atoms with van der Waals surface area (Å²) in [6.45, 7) is 2.69. The summed E-state index contributed by atoms with van der Waals surface area (Å²) in [5.41, 5.74) is 0.835. The standard InChI is InChI=1S/C21H29N3O4S/c25-29(26,16-18-5-2-1-3-6-18)24-12-4-7-17(15-24)8-9-20-22-21(28-23-20)19-10-13-27-14-11-19/h1-3,5-6,17,19H,4,7-16H2. The lowest BCUT2D eigenvalue weighted by Gasteiger charge is -2.31. The quantitative estimate of drug-likeness (QED) is 0.685. The zero-order valence-electron chi connectivity index (χ0n) is 16.7. The monoisotopic (exact) mass is 419 g/mol. The SMILES string of the molecule is O=S(=O)(Cc1ccccc1)N1CCCC(CCc2noc(C3CCOCC3)n2)C1. The summed E-state index contributed by atoms with van der Waals surface area (Å²) in [5.74, 6) is 2.16. The lowest BCUT2D eigenvalue weighted by molar-refractivity contribution is 0.0778. The van der Waals surface area contributed by atoms with Gasteiger partial charge in [0.2, 0.25) is 15.9 Å². The smallest absolute Gasteiger partial charge is 0.229 e. The van der Waals surface area contributed by atoms with Crippen molar-refractivity contribution in [3.05, 3.63) is 47.6 Å². The lowest BCUT2D eigenvalue weighted by atomic mass is 9.94. The van der Waals surface area contributed by atoms with Crippen LogP contribution in [0.25, 0.3) is 0 Å². The van der Waals surface area contributed by atoms with Gasteiger partial charge in [0.25, 0.3) is 0 Å². The number of sulfonamides is 1. The van der Waals surface area contributed by atoms with E-state index in [0.29, 0.717) is 24.9 Å². The third kappa shape index (κ3) is 5.43. The van der Waals surface area contributed by atoms with Gasteiger partial charge in [0.15, 0.2) is 5.82 Å². The first kappa shape index (κ1) is 20.5. The highest BCUT2D eigenvalue weighted by Crippen LogP contribution is 2.27. The third-order valence-electron chi connectivity index (χ3n) is 5.90. The van der Waals surface area contributed by atoms with Crippen molar-refractivity contribution in [1.29, 1.82) is 0 Å². The minimum Gasteiger partial charge on any atom is -0.381 e. The highest BCUT2D eigenvalue weighted by Gasteiger charge is 2.29. The lowest BCUT2D eigenvalue weighted by Crippen LogP contribution is -2.40. The Morgan fingerprint density at radius 3 is 2.69 bits per heavy atom. The number of hydrogen-bond donors (Lipinski definition) is 0. The number of nitrogens with zero attached hydrogens (tertiary/aromatic N) is 3. The van der Waals surface area contributed by atoms with Crippen molar-refractivity contribution in [3.63, 3.8) is 0 Å². The Morgan fingerprint density at radius 2 is 1.90 bits per heavy atom. The van der Waals surface area contributed by atoms with Crippen molar-refractivity contribution in [2.45, 2.75) is 50.2 Å². The molecule has 0 N–H and O–H groups in total. The molecule has 1 atom stereocenters. The Hall–Kier alpha value is -1.77. The minimum absolute atomic E-state index is 0.0693. The topological polar surface area (TPSA) is 85.5 Å². The first-order valence-electron chi connectivity index (χ1n) is 10.5. The van der Waals surface area contributed by atoms with Crippen molar-refractivity contribution in [2.24, 2.45) is 5.92 Å². The van der Waals surface area contributed by atoms with Gasteiger partial charge in [-0.1, -0.05) is 35.5 Å². The van der Waals surface area contributed by atoms with Gasteiger partial charge in [-0.15, -0.1) is 0 Å². The van der Waals surface area contributed by atoms with E-state index >= 15 is 0 Å². The third-order valence-corrected chi connectivity index (χ3v) is 7.71. The molecular formula is C21H29N3O4S. The Balaban J connectivity index is 1.30. The molecule has 0 spiro atoms. The van der Waals surface area contributed by atoms with E-state index in [0.717, 1.165) is 69.0 Å². The van der Waals surface area contributed by atoms with Crippen LogP contribution in [0, 0.1) is 5.92 Å². The number of aryl methyl sites for hydroxylation is 1. The van der Waals surface area contributed by atoms with Crippen LogP contribution in [0.2, 0.25) is 0 Å². The van der Waals surface area contributed by atoms with Gasteiger partial charge in [0.05, 0.1) is 5.75 Å². The number of hydrogen-bond acceptors (Lipinski definition) is 6. The van der Waals surface area contributed by atoms with Crippen LogP contribution in [-0.4, -0.2) is 49.2 Å². The maximum absolute atomic E-state index is 12.8. The van der Waals surface area contributed by atoms with Crippen LogP contribution >= 0.6 is 0 Å².